The average molecular weight is 379 g/mol. The van der Waals surface area contributed by atoms with Gasteiger partial charge in [-0.15, -0.1) is 0 Å². The van der Waals surface area contributed by atoms with Crippen molar-refractivity contribution in [1.29, 1.82) is 0 Å². The summed E-state index contributed by atoms with van der Waals surface area (Å²) in [6, 6.07) is 6.17. The number of hydrogen-bond acceptors (Lipinski definition) is 5. The molecule has 2 aliphatic rings. The molecule has 1 atom stereocenters. The van der Waals surface area contributed by atoms with Crippen LogP contribution in [0.25, 0.3) is 0 Å². The van der Waals surface area contributed by atoms with Crippen LogP contribution in [0.4, 0.5) is 0 Å². The quantitative estimate of drug-likeness (QED) is 0.778. The highest BCUT2D eigenvalue weighted by atomic mass is 35.5. The first-order valence-electron chi connectivity index (χ1n) is 7.48. The van der Waals surface area contributed by atoms with E-state index in [1.807, 2.05) is 0 Å². The van der Waals surface area contributed by atoms with Gasteiger partial charge in [0.1, 0.15) is 0 Å². The first-order chi connectivity index (χ1) is 10.8. The van der Waals surface area contributed by atoms with Gasteiger partial charge in [-0.05, 0) is 30.7 Å². The lowest BCUT2D eigenvalue weighted by Crippen LogP contribution is -2.52. The predicted octanol–water partition coefficient (Wildman–Crippen LogP) is 0.833. The Bertz CT molecular complexity index is 770. The predicted molar refractivity (Wildman–Crippen MR) is 88.8 cm³/mol. The van der Waals surface area contributed by atoms with Crippen molar-refractivity contribution in [3.8, 4) is 0 Å². The smallest absolute Gasteiger partial charge is 0.243 e. The lowest BCUT2D eigenvalue weighted by molar-refractivity contribution is 0.148. The van der Waals surface area contributed by atoms with E-state index in [4.69, 9.17) is 11.6 Å². The fraction of sp³-hybridized carbons (Fsp3) is 0.571. The largest absolute Gasteiger partial charge is 0.297 e. The van der Waals surface area contributed by atoms with Crippen molar-refractivity contribution in [2.24, 2.45) is 0 Å². The summed E-state index contributed by atoms with van der Waals surface area (Å²) < 4.78 is 49.8. The highest BCUT2D eigenvalue weighted by Crippen LogP contribution is 2.23. The lowest BCUT2D eigenvalue weighted by Gasteiger charge is -2.36. The molecule has 2 aliphatic heterocycles. The van der Waals surface area contributed by atoms with E-state index in [0.717, 1.165) is 0 Å². The summed E-state index contributed by atoms with van der Waals surface area (Å²) in [5, 5.41) is 0.496. The molecule has 1 aromatic rings. The standard InChI is InChI=1S/C14H19ClN2O4S2/c15-12-1-3-14(4-2-12)23(20,21)17-8-6-16(7-9-17)13-5-10-22(18,19)11-13/h1-4,13H,5-11H2. The first kappa shape index (κ1) is 17.2. The minimum absolute atomic E-state index is 0.0281. The SMILES string of the molecule is O=S1(=O)CCC(N2CCN(S(=O)(=O)c3ccc(Cl)cc3)CC2)C1. The van der Waals surface area contributed by atoms with Crippen LogP contribution in [0.2, 0.25) is 5.02 Å². The van der Waals surface area contributed by atoms with Gasteiger partial charge < -0.3 is 0 Å². The van der Waals surface area contributed by atoms with E-state index in [1.165, 1.54) is 16.4 Å². The maximum Gasteiger partial charge on any atom is 0.243 e. The van der Waals surface area contributed by atoms with Crippen LogP contribution in [0.3, 0.4) is 0 Å². The van der Waals surface area contributed by atoms with Crippen molar-refractivity contribution >= 4 is 31.5 Å². The monoisotopic (exact) mass is 378 g/mol. The van der Waals surface area contributed by atoms with E-state index < -0.39 is 19.9 Å². The highest BCUT2D eigenvalue weighted by Gasteiger charge is 2.36. The third kappa shape index (κ3) is 3.71. The molecule has 0 aliphatic carbocycles. The molecule has 2 fully saturated rings. The maximum absolute atomic E-state index is 12.6. The molecule has 9 heteroatoms. The molecule has 6 nitrogen and oxygen atoms in total. The number of sulfone groups is 1. The summed E-state index contributed by atoms with van der Waals surface area (Å²) in [6.45, 7) is 1.88. The highest BCUT2D eigenvalue weighted by molar-refractivity contribution is 7.91. The molecular weight excluding hydrogens is 360 g/mol. The molecule has 128 valence electrons. The Morgan fingerprint density at radius 2 is 1.65 bits per heavy atom. The van der Waals surface area contributed by atoms with Gasteiger partial charge in [-0.25, -0.2) is 16.8 Å². The van der Waals surface area contributed by atoms with Crippen molar-refractivity contribution < 1.29 is 16.8 Å². The molecule has 0 spiro atoms. The number of hydrogen-bond donors (Lipinski definition) is 0. The molecule has 0 aromatic heterocycles. The number of benzene rings is 1. The number of piperazine rings is 1. The summed E-state index contributed by atoms with van der Waals surface area (Å²) in [5.41, 5.74) is 0. The van der Waals surface area contributed by atoms with Gasteiger partial charge in [0, 0.05) is 37.2 Å². The minimum atomic E-state index is -3.52. The van der Waals surface area contributed by atoms with Crippen molar-refractivity contribution in [1.82, 2.24) is 9.21 Å². The Kier molecular flexibility index (Phi) is 4.72. The third-order valence-corrected chi connectivity index (χ3v) is 8.36. The average Bonchev–Trinajstić information content (AvgIpc) is 2.88. The van der Waals surface area contributed by atoms with Crippen LogP contribution in [-0.2, 0) is 19.9 Å². The third-order valence-electron chi connectivity index (χ3n) is 4.45. The van der Waals surface area contributed by atoms with Gasteiger partial charge in [-0.1, -0.05) is 11.6 Å². The summed E-state index contributed by atoms with van der Waals surface area (Å²) in [5.74, 6) is 0.428. The second kappa shape index (κ2) is 6.33. The molecule has 3 rings (SSSR count). The van der Waals surface area contributed by atoms with Crippen LogP contribution in [0.5, 0.6) is 0 Å². The normalized spacial score (nSPS) is 26.4. The van der Waals surface area contributed by atoms with Crippen LogP contribution < -0.4 is 0 Å². The van der Waals surface area contributed by atoms with E-state index in [-0.39, 0.29) is 22.4 Å². The number of rotatable bonds is 3. The molecule has 1 aromatic carbocycles. The van der Waals surface area contributed by atoms with Crippen molar-refractivity contribution in [3.05, 3.63) is 29.3 Å². The van der Waals surface area contributed by atoms with E-state index in [9.17, 15) is 16.8 Å². The van der Waals surface area contributed by atoms with Crippen LogP contribution in [0, 0.1) is 0 Å². The maximum atomic E-state index is 12.6. The summed E-state index contributed by atoms with van der Waals surface area (Å²) >= 11 is 5.80. The van der Waals surface area contributed by atoms with Crippen LogP contribution in [0.1, 0.15) is 6.42 Å². The lowest BCUT2D eigenvalue weighted by atomic mass is 10.2. The number of nitrogens with zero attached hydrogens (tertiary/aromatic N) is 2. The molecule has 2 heterocycles. The second-order valence-electron chi connectivity index (χ2n) is 5.95. The molecule has 0 bridgehead atoms. The first-order valence-corrected chi connectivity index (χ1v) is 11.1. The zero-order valence-corrected chi connectivity index (χ0v) is 14.9. The Labute approximate surface area is 142 Å². The summed E-state index contributed by atoms with van der Waals surface area (Å²) in [4.78, 5) is 2.33. The molecule has 0 amide bonds. The topological polar surface area (TPSA) is 74.8 Å². The van der Waals surface area contributed by atoms with Crippen molar-refractivity contribution in [3.63, 3.8) is 0 Å². The van der Waals surface area contributed by atoms with E-state index in [1.54, 1.807) is 12.1 Å². The Hall–Kier alpha value is -0.670. The fourth-order valence-electron chi connectivity index (χ4n) is 3.13. The second-order valence-corrected chi connectivity index (χ2v) is 10.6. The van der Waals surface area contributed by atoms with Crippen molar-refractivity contribution in [2.75, 3.05) is 37.7 Å². The van der Waals surface area contributed by atoms with Gasteiger partial charge >= 0.3 is 0 Å². The summed E-state index contributed by atoms with van der Waals surface area (Å²) in [6.07, 6.45) is 0.645. The van der Waals surface area contributed by atoms with Crippen LogP contribution in [0.15, 0.2) is 29.2 Å². The molecule has 0 radical (unpaired) electrons. The Morgan fingerprint density at radius 3 is 2.17 bits per heavy atom. The van der Waals surface area contributed by atoms with Crippen LogP contribution >= 0.6 is 11.6 Å². The number of sulfonamides is 1. The molecule has 2 saturated heterocycles. The molecule has 23 heavy (non-hydrogen) atoms. The van der Waals surface area contributed by atoms with Gasteiger partial charge in [0.05, 0.1) is 16.4 Å². The zero-order valence-electron chi connectivity index (χ0n) is 12.6. The van der Waals surface area contributed by atoms with E-state index >= 15 is 0 Å². The molecule has 0 saturated carbocycles. The van der Waals surface area contributed by atoms with Gasteiger partial charge in [0.15, 0.2) is 9.84 Å². The van der Waals surface area contributed by atoms with Gasteiger partial charge in [0.25, 0.3) is 0 Å². The Morgan fingerprint density at radius 1 is 1.04 bits per heavy atom. The number of halogens is 1. The van der Waals surface area contributed by atoms with Crippen molar-refractivity contribution in [2.45, 2.75) is 17.4 Å². The van der Waals surface area contributed by atoms with Crippen LogP contribution in [-0.4, -0.2) is 69.8 Å². The van der Waals surface area contributed by atoms with Gasteiger partial charge in [-0.2, -0.15) is 4.31 Å². The Balaban J connectivity index is 1.65. The summed E-state index contributed by atoms with van der Waals surface area (Å²) in [7, 11) is -6.44. The van der Waals surface area contributed by atoms with E-state index in [2.05, 4.69) is 4.90 Å². The molecule has 1 unspecified atom stereocenters. The zero-order chi connectivity index (χ0) is 16.7. The fourth-order valence-corrected chi connectivity index (χ4v) is 6.44. The van der Waals surface area contributed by atoms with E-state index in [0.29, 0.717) is 37.6 Å². The molecule has 0 N–H and O–H groups in total. The van der Waals surface area contributed by atoms with Gasteiger partial charge in [-0.3, -0.25) is 4.90 Å². The van der Waals surface area contributed by atoms with Gasteiger partial charge in [0.2, 0.25) is 10.0 Å². The molecular formula is C14H19ClN2O4S2. The minimum Gasteiger partial charge on any atom is -0.297 e.